The average molecular weight is 296 g/mol. The Hall–Kier alpha value is -1.00. The van der Waals surface area contributed by atoms with E-state index in [1.54, 1.807) is 11.3 Å². The number of halogens is 1. The molecule has 2 rings (SSSR count). The van der Waals surface area contributed by atoms with E-state index >= 15 is 0 Å². The van der Waals surface area contributed by atoms with Crippen LogP contribution in [0.5, 0.6) is 0 Å². The molecule has 0 radical (unpaired) electrons. The van der Waals surface area contributed by atoms with Crippen LogP contribution in [0.2, 0.25) is 0 Å². The molecule has 82 valence electrons. The Labute approximate surface area is 106 Å². The average Bonchev–Trinajstić information content (AvgIpc) is 2.66. The summed E-state index contributed by atoms with van der Waals surface area (Å²) in [7, 11) is 0. The molecule has 0 saturated heterocycles. The molecular weight excluding hydrogens is 286 g/mol. The van der Waals surface area contributed by atoms with Gasteiger partial charge in [0.05, 0.1) is 10.7 Å². The molecular formula is C12H10BrNOS. The number of hydrogen-bond donors (Lipinski definition) is 0. The molecule has 2 nitrogen and oxygen atoms in total. The van der Waals surface area contributed by atoms with Crippen molar-refractivity contribution >= 4 is 33.6 Å². The fourth-order valence-electron chi connectivity index (χ4n) is 1.43. The van der Waals surface area contributed by atoms with Crippen molar-refractivity contribution in [3.8, 4) is 0 Å². The fraction of sp³-hybridized carbons (Fsp3) is 0.167. The molecule has 4 heteroatoms. The van der Waals surface area contributed by atoms with Crippen LogP contribution in [-0.2, 0) is 17.6 Å². The highest BCUT2D eigenvalue weighted by molar-refractivity contribution is 9.10. The maximum absolute atomic E-state index is 10.3. The number of thiazole rings is 1. The lowest BCUT2D eigenvalue weighted by Gasteiger charge is -1.98. The van der Waals surface area contributed by atoms with Gasteiger partial charge in [0.15, 0.2) is 0 Å². The normalized spacial score (nSPS) is 10.3. The lowest BCUT2D eigenvalue weighted by molar-refractivity contribution is -0.107. The van der Waals surface area contributed by atoms with Crippen molar-refractivity contribution in [3.05, 3.63) is 50.4 Å². The van der Waals surface area contributed by atoms with Crippen LogP contribution in [0.25, 0.3) is 0 Å². The number of rotatable bonds is 4. The van der Waals surface area contributed by atoms with Crippen LogP contribution >= 0.6 is 27.3 Å². The molecule has 0 atom stereocenters. The monoisotopic (exact) mass is 295 g/mol. The summed E-state index contributed by atoms with van der Waals surface area (Å²) in [5, 5.41) is 3.00. The molecule has 0 amide bonds. The van der Waals surface area contributed by atoms with Crippen LogP contribution in [-0.4, -0.2) is 11.3 Å². The maximum Gasteiger partial charge on any atom is 0.125 e. The van der Waals surface area contributed by atoms with Gasteiger partial charge >= 0.3 is 0 Å². The smallest absolute Gasteiger partial charge is 0.125 e. The number of nitrogens with zero attached hydrogens (tertiary/aromatic N) is 1. The number of carbonyl (C=O) groups excluding carboxylic acids is 1. The van der Waals surface area contributed by atoms with Gasteiger partial charge in [-0.1, -0.05) is 28.1 Å². The second kappa shape index (κ2) is 5.37. The highest BCUT2D eigenvalue weighted by Gasteiger charge is 2.03. The Balaban J connectivity index is 2.11. The van der Waals surface area contributed by atoms with Crippen molar-refractivity contribution < 1.29 is 4.79 Å². The van der Waals surface area contributed by atoms with E-state index in [4.69, 9.17) is 0 Å². The third-order valence-corrected chi connectivity index (χ3v) is 3.53. The predicted octanol–water partition coefficient (Wildman–Crippen LogP) is 3.24. The molecule has 0 aliphatic heterocycles. The Morgan fingerprint density at radius 1 is 1.44 bits per heavy atom. The minimum Gasteiger partial charge on any atom is -0.303 e. The first-order valence-corrected chi connectivity index (χ1v) is 6.56. The third kappa shape index (κ3) is 3.00. The van der Waals surface area contributed by atoms with Crippen LogP contribution in [0.4, 0.5) is 0 Å². The molecule has 0 bridgehead atoms. The lowest BCUT2D eigenvalue weighted by Crippen LogP contribution is -1.90. The van der Waals surface area contributed by atoms with Gasteiger partial charge in [-0.05, 0) is 17.7 Å². The first-order valence-electron chi connectivity index (χ1n) is 4.89. The van der Waals surface area contributed by atoms with E-state index < -0.39 is 0 Å². The Bertz CT molecular complexity index is 495. The van der Waals surface area contributed by atoms with E-state index in [9.17, 15) is 4.79 Å². The SMILES string of the molecule is O=CCc1csc(Cc2cccc(Br)c2)n1. The number of aromatic nitrogens is 1. The molecule has 0 saturated carbocycles. The van der Waals surface area contributed by atoms with Crippen LogP contribution < -0.4 is 0 Å². The number of carbonyl (C=O) groups is 1. The molecule has 1 heterocycles. The zero-order valence-corrected chi connectivity index (χ0v) is 10.9. The van der Waals surface area contributed by atoms with Crippen molar-refractivity contribution in [2.24, 2.45) is 0 Å². The van der Waals surface area contributed by atoms with Crippen molar-refractivity contribution in [2.75, 3.05) is 0 Å². The van der Waals surface area contributed by atoms with Crippen molar-refractivity contribution in [2.45, 2.75) is 12.8 Å². The Morgan fingerprint density at radius 3 is 3.06 bits per heavy atom. The first-order chi connectivity index (χ1) is 7.78. The van der Waals surface area contributed by atoms with Crippen molar-refractivity contribution in [3.63, 3.8) is 0 Å². The van der Waals surface area contributed by atoms with E-state index in [2.05, 4.69) is 33.0 Å². The van der Waals surface area contributed by atoms with Gasteiger partial charge in [-0.3, -0.25) is 0 Å². The summed E-state index contributed by atoms with van der Waals surface area (Å²) in [6.07, 6.45) is 2.12. The summed E-state index contributed by atoms with van der Waals surface area (Å²) >= 11 is 5.05. The highest BCUT2D eigenvalue weighted by Crippen LogP contribution is 2.17. The van der Waals surface area contributed by atoms with Gasteiger partial charge in [-0.2, -0.15) is 0 Å². The van der Waals surface area contributed by atoms with Gasteiger partial charge in [0.25, 0.3) is 0 Å². The fourth-order valence-corrected chi connectivity index (χ4v) is 2.72. The van der Waals surface area contributed by atoms with Gasteiger partial charge in [-0.15, -0.1) is 11.3 Å². The molecule has 0 spiro atoms. The minimum absolute atomic E-state index is 0.412. The van der Waals surface area contributed by atoms with Gasteiger partial charge in [0.2, 0.25) is 0 Å². The van der Waals surface area contributed by atoms with Gasteiger partial charge in [0.1, 0.15) is 6.29 Å². The lowest BCUT2D eigenvalue weighted by atomic mass is 10.2. The standard InChI is InChI=1S/C12H10BrNOS/c13-10-3-1-2-9(6-10)7-12-14-11(4-5-15)8-16-12/h1-3,5-6,8H,4,7H2. The minimum atomic E-state index is 0.412. The summed E-state index contributed by atoms with van der Waals surface area (Å²) in [6.45, 7) is 0. The summed E-state index contributed by atoms with van der Waals surface area (Å²) in [5.41, 5.74) is 2.09. The van der Waals surface area contributed by atoms with Gasteiger partial charge < -0.3 is 4.79 Å². The second-order valence-corrected chi connectivity index (χ2v) is 5.27. The molecule has 1 aromatic carbocycles. The van der Waals surface area contributed by atoms with E-state index in [1.165, 1.54) is 5.56 Å². The van der Waals surface area contributed by atoms with Gasteiger partial charge in [0, 0.05) is 22.7 Å². The quantitative estimate of drug-likeness (QED) is 0.811. The summed E-state index contributed by atoms with van der Waals surface area (Å²) < 4.78 is 1.08. The first kappa shape index (κ1) is 11.5. The van der Waals surface area contributed by atoms with Gasteiger partial charge in [-0.25, -0.2) is 4.98 Å². The number of hydrogen-bond acceptors (Lipinski definition) is 3. The predicted molar refractivity (Wildman–Crippen MR) is 68.8 cm³/mol. The van der Waals surface area contributed by atoms with Crippen LogP contribution in [0, 0.1) is 0 Å². The molecule has 0 unspecified atom stereocenters. The Morgan fingerprint density at radius 2 is 2.31 bits per heavy atom. The number of benzene rings is 1. The largest absolute Gasteiger partial charge is 0.303 e. The topological polar surface area (TPSA) is 30.0 Å². The molecule has 2 aromatic rings. The molecule has 0 aliphatic rings. The van der Waals surface area contributed by atoms with Crippen LogP contribution in [0.1, 0.15) is 16.3 Å². The molecule has 16 heavy (non-hydrogen) atoms. The van der Waals surface area contributed by atoms with E-state index in [1.807, 2.05) is 17.5 Å². The van der Waals surface area contributed by atoms with Crippen LogP contribution in [0.15, 0.2) is 34.1 Å². The third-order valence-electron chi connectivity index (χ3n) is 2.14. The van der Waals surface area contributed by atoms with Crippen molar-refractivity contribution in [1.29, 1.82) is 0 Å². The zero-order chi connectivity index (χ0) is 11.4. The molecule has 1 aromatic heterocycles. The van der Waals surface area contributed by atoms with E-state index in [-0.39, 0.29) is 0 Å². The molecule has 0 aliphatic carbocycles. The summed E-state index contributed by atoms with van der Waals surface area (Å²) in [6, 6.07) is 8.18. The number of aldehydes is 1. The highest BCUT2D eigenvalue weighted by atomic mass is 79.9. The maximum atomic E-state index is 10.3. The summed E-state index contributed by atoms with van der Waals surface area (Å²) in [4.78, 5) is 14.7. The second-order valence-electron chi connectivity index (χ2n) is 3.41. The van der Waals surface area contributed by atoms with Crippen molar-refractivity contribution in [1.82, 2.24) is 4.98 Å². The van der Waals surface area contributed by atoms with E-state index in [0.717, 1.165) is 27.9 Å². The zero-order valence-electron chi connectivity index (χ0n) is 8.52. The molecule has 0 fully saturated rings. The summed E-state index contributed by atoms with van der Waals surface area (Å²) in [5.74, 6) is 0. The van der Waals surface area contributed by atoms with E-state index in [0.29, 0.717) is 6.42 Å². The van der Waals surface area contributed by atoms with Crippen LogP contribution in [0.3, 0.4) is 0 Å². The Kier molecular flexibility index (Phi) is 3.85. The molecule has 0 N–H and O–H groups in total.